The summed E-state index contributed by atoms with van der Waals surface area (Å²) in [6.07, 6.45) is 0. The van der Waals surface area contributed by atoms with Crippen molar-refractivity contribution in [1.82, 2.24) is 14.9 Å². The van der Waals surface area contributed by atoms with Gasteiger partial charge in [-0.25, -0.2) is 9.97 Å². The first-order valence-corrected chi connectivity index (χ1v) is 10.3. The third-order valence-electron chi connectivity index (χ3n) is 4.90. The Labute approximate surface area is 178 Å². The van der Waals surface area contributed by atoms with E-state index in [4.69, 9.17) is 9.47 Å². The number of methoxy groups -OCH3 is 1. The third-order valence-corrected chi connectivity index (χ3v) is 4.90. The molecule has 0 atom stereocenters. The number of ether oxygens (including phenoxy) is 2. The molecule has 158 valence electrons. The van der Waals surface area contributed by atoms with E-state index < -0.39 is 0 Å². The summed E-state index contributed by atoms with van der Waals surface area (Å²) in [5, 5.41) is 3.30. The number of hydrogen-bond donors (Lipinski definition) is 1. The van der Waals surface area contributed by atoms with E-state index in [1.807, 2.05) is 61.5 Å². The molecule has 0 aliphatic heterocycles. The second kappa shape index (κ2) is 10.6. The molecule has 6 nitrogen and oxygen atoms in total. The third kappa shape index (κ3) is 5.94. The summed E-state index contributed by atoms with van der Waals surface area (Å²) >= 11 is 0. The SMILES string of the molecule is CCN(CC)CCOc1cccc(Nc2nc(C)cc(-c3ccc(OC)cc3)n2)c1. The Hall–Kier alpha value is -3.12. The molecule has 3 rings (SSSR count). The van der Waals surface area contributed by atoms with Crippen molar-refractivity contribution in [2.24, 2.45) is 0 Å². The van der Waals surface area contributed by atoms with Crippen LogP contribution in [0, 0.1) is 6.92 Å². The topological polar surface area (TPSA) is 59.5 Å². The van der Waals surface area contributed by atoms with Crippen LogP contribution in [0.3, 0.4) is 0 Å². The fourth-order valence-electron chi connectivity index (χ4n) is 3.16. The molecule has 0 amide bonds. The van der Waals surface area contributed by atoms with Crippen LogP contribution in [0.2, 0.25) is 0 Å². The molecule has 0 bridgehead atoms. The van der Waals surface area contributed by atoms with Gasteiger partial charge >= 0.3 is 0 Å². The van der Waals surface area contributed by atoms with Crippen LogP contribution in [-0.2, 0) is 0 Å². The molecule has 0 fully saturated rings. The number of nitrogens with zero attached hydrogens (tertiary/aromatic N) is 3. The maximum absolute atomic E-state index is 5.92. The number of aryl methyl sites for hydroxylation is 1. The van der Waals surface area contributed by atoms with Crippen LogP contribution >= 0.6 is 0 Å². The normalized spacial score (nSPS) is 10.8. The Bertz CT molecular complexity index is 940. The van der Waals surface area contributed by atoms with E-state index in [9.17, 15) is 0 Å². The number of benzene rings is 2. The monoisotopic (exact) mass is 406 g/mol. The Morgan fingerprint density at radius 3 is 2.40 bits per heavy atom. The van der Waals surface area contributed by atoms with Gasteiger partial charge in [-0.05, 0) is 62.5 Å². The minimum atomic E-state index is 0.557. The van der Waals surface area contributed by atoms with Gasteiger partial charge in [-0.15, -0.1) is 0 Å². The summed E-state index contributed by atoms with van der Waals surface area (Å²) < 4.78 is 11.2. The van der Waals surface area contributed by atoms with E-state index in [2.05, 4.69) is 34.0 Å². The average molecular weight is 407 g/mol. The quantitative estimate of drug-likeness (QED) is 0.515. The standard InChI is InChI=1S/C24H30N4O2/c1-5-28(6-2)14-15-30-22-9-7-8-20(17-22)26-24-25-18(3)16-23(27-24)19-10-12-21(29-4)13-11-19/h7-13,16-17H,5-6,14-15H2,1-4H3,(H,25,26,27). The van der Waals surface area contributed by atoms with Crippen LogP contribution in [0.1, 0.15) is 19.5 Å². The fraction of sp³-hybridized carbons (Fsp3) is 0.333. The van der Waals surface area contributed by atoms with Crippen LogP contribution in [0.4, 0.5) is 11.6 Å². The summed E-state index contributed by atoms with van der Waals surface area (Å²) in [6, 6.07) is 17.7. The van der Waals surface area contributed by atoms with E-state index in [1.54, 1.807) is 7.11 Å². The second-order valence-electron chi connectivity index (χ2n) is 6.97. The number of hydrogen-bond acceptors (Lipinski definition) is 6. The van der Waals surface area contributed by atoms with Gasteiger partial charge in [-0.1, -0.05) is 19.9 Å². The maximum atomic E-state index is 5.92. The highest BCUT2D eigenvalue weighted by molar-refractivity contribution is 5.64. The van der Waals surface area contributed by atoms with Crippen LogP contribution in [0.5, 0.6) is 11.5 Å². The van der Waals surface area contributed by atoms with Gasteiger partial charge in [0, 0.05) is 29.6 Å². The van der Waals surface area contributed by atoms with E-state index in [-0.39, 0.29) is 0 Å². The highest BCUT2D eigenvalue weighted by Gasteiger charge is 2.07. The van der Waals surface area contributed by atoms with Crippen molar-refractivity contribution in [1.29, 1.82) is 0 Å². The minimum Gasteiger partial charge on any atom is -0.497 e. The lowest BCUT2D eigenvalue weighted by atomic mass is 10.1. The van der Waals surface area contributed by atoms with Crippen molar-refractivity contribution in [3.8, 4) is 22.8 Å². The van der Waals surface area contributed by atoms with Gasteiger partial charge in [-0.3, -0.25) is 0 Å². The van der Waals surface area contributed by atoms with Gasteiger partial charge in [0.15, 0.2) is 0 Å². The Kier molecular flexibility index (Phi) is 7.63. The summed E-state index contributed by atoms with van der Waals surface area (Å²) in [5.41, 5.74) is 3.66. The number of anilines is 2. The van der Waals surface area contributed by atoms with Crippen LogP contribution < -0.4 is 14.8 Å². The lowest BCUT2D eigenvalue weighted by Gasteiger charge is -2.18. The molecule has 30 heavy (non-hydrogen) atoms. The van der Waals surface area contributed by atoms with Gasteiger partial charge in [0.1, 0.15) is 18.1 Å². The molecule has 0 unspecified atom stereocenters. The lowest BCUT2D eigenvalue weighted by molar-refractivity contribution is 0.223. The Balaban J connectivity index is 1.70. The molecule has 1 N–H and O–H groups in total. The van der Waals surface area contributed by atoms with E-state index in [0.717, 1.165) is 53.8 Å². The van der Waals surface area contributed by atoms with Gasteiger partial charge in [0.2, 0.25) is 5.95 Å². The second-order valence-corrected chi connectivity index (χ2v) is 6.97. The Morgan fingerprint density at radius 2 is 1.70 bits per heavy atom. The summed E-state index contributed by atoms with van der Waals surface area (Å²) in [6.45, 7) is 9.93. The summed E-state index contributed by atoms with van der Waals surface area (Å²) in [4.78, 5) is 11.5. The molecule has 0 saturated carbocycles. The molecule has 2 aromatic carbocycles. The largest absolute Gasteiger partial charge is 0.497 e. The van der Waals surface area contributed by atoms with Crippen molar-refractivity contribution in [2.45, 2.75) is 20.8 Å². The van der Waals surface area contributed by atoms with Gasteiger partial charge in [0.25, 0.3) is 0 Å². The van der Waals surface area contributed by atoms with Crippen molar-refractivity contribution < 1.29 is 9.47 Å². The van der Waals surface area contributed by atoms with Crippen molar-refractivity contribution in [2.75, 3.05) is 38.7 Å². The van der Waals surface area contributed by atoms with E-state index in [1.165, 1.54) is 0 Å². The minimum absolute atomic E-state index is 0.557. The van der Waals surface area contributed by atoms with E-state index in [0.29, 0.717) is 12.6 Å². The van der Waals surface area contributed by atoms with Gasteiger partial charge < -0.3 is 19.7 Å². The van der Waals surface area contributed by atoms with Crippen molar-refractivity contribution >= 4 is 11.6 Å². The molecular formula is C24H30N4O2. The van der Waals surface area contributed by atoms with E-state index >= 15 is 0 Å². The molecule has 0 saturated heterocycles. The fourth-order valence-corrected chi connectivity index (χ4v) is 3.16. The van der Waals surface area contributed by atoms with Crippen molar-refractivity contribution in [3.05, 3.63) is 60.3 Å². The predicted molar refractivity (Wildman–Crippen MR) is 122 cm³/mol. The number of aromatic nitrogens is 2. The molecule has 0 spiro atoms. The molecule has 0 aliphatic rings. The summed E-state index contributed by atoms with van der Waals surface area (Å²) in [5.74, 6) is 2.21. The molecule has 1 heterocycles. The average Bonchev–Trinajstić information content (AvgIpc) is 2.77. The van der Waals surface area contributed by atoms with Crippen LogP contribution in [0.15, 0.2) is 54.6 Å². The molecule has 0 aliphatic carbocycles. The molecule has 6 heteroatoms. The number of rotatable bonds is 10. The molecule has 1 aromatic heterocycles. The molecule has 0 radical (unpaired) electrons. The van der Waals surface area contributed by atoms with Crippen LogP contribution in [0.25, 0.3) is 11.3 Å². The smallest absolute Gasteiger partial charge is 0.227 e. The Morgan fingerprint density at radius 1 is 0.933 bits per heavy atom. The maximum Gasteiger partial charge on any atom is 0.227 e. The van der Waals surface area contributed by atoms with Crippen molar-refractivity contribution in [3.63, 3.8) is 0 Å². The zero-order valence-corrected chi connectivity index (χ0v) is 18.2. The lowest BCUT2D eigenvalue weighted by Crippen LogP contribution is -2.27. The number of nitrogens with one attached hydrogen (secondary N) is 1. The van der Waals surface area contributed by atoms with Crippen LogP contribution in [-0.4, -0.2) is 48.2 Å². The first kappa shape index (κ1) is 21.6. The first-order valence-electron chi connectivity index (χ1n) is 10.3. The van der Waals surface area contributed by atoms with Gasteiger partial charge in [-0.2, -0.15) is 0 Å². The summed E-state index contributed by atoms with van der Waals surface area (Å²) in [7, 11) is 1.66. The zero-order chi connectivity index (χ0) is 21.3. The highest BCUT2D eigenvalue weighted by Crippen LogP contribution is 2.24. The molecule has 3 aromatic rings. The zero-order valence-electron chi connectivity index (χ0n) is 18.2. The molecular weight excluding hydrogens is 376 g/mol. The first-order chi connectivity index (χ1) is 14.6. The highest BCUT2D eigenvalue weighted by atomic mass is 16.5. The predicted octanol–water partition coefficient (Wildman–Crippen LogP) is 4.92. The van der Waals surface area contributed by atoms with Gasteiger partial charge in [0.05, 0.1) is 12.8 Å². The number of likely N-dealkylation sites (N-methyl/N-ethyl adjacent to an activating group) is 1.